The lowest BCUT2D eigenvalue weighted by molar-refractivity contribution is 0.0793. The average Bonchev–Trinajstić information content (AvgIpc) is 2.45. The molecule has 0 atom stereocenters. The highest BCUT2D eigenvalue weighted by molar-refractivity contribution is 9.10. The number of carbonyl (C=O) groups excluding carboxylic acids is 1. The van der Waals surface area contributed by atoms with Gasteiger partial charge in [0.05, 0.1) is 5.56 Å². The summed E-state index contributed by atoms with van der Waals surface area (Å²) in [7, 11) is 1.79. The number of pyridine rings is 1. The van der Waals surface area contributed by atoms with E-state index in [2.05, 4.69) is 33.5 Å². The third-order valence-corrected chi connectivity index (χ3v) is 3.83. The van der Waals surface area contributed by atoms with E-state index in [0.29, 0.717) is 17.0 Å². The van der Waals surface area contributed by atoms with Crippen molar-refractivity contribution in [2.45, 2.75) is 11.3 Å². The summed E-state index contributed by atoms with van der Waals surface area (Å²) in [5.74, 6) is -0.0292. The lowest BCUT2D eigenvalue weighted by Crippen LogP contribution is -2.29. The number of hydrogen-bond acceptors (Lipinski definition) is 3. The molecule has 2 aromatic rings. The first-order valence-electron chi connectivity index (χ1n) is 6.22. The van der Waals surface area contributed by atoms with Crippen molar-refractivity contribution < 1.29 is 4.79 Å². The van der Waals surface area contributed by atoms with Crippen LogP contribution < -0.4 is 0 Å². The van der Waals surface area contributed by atoms with Crippen molar-refractivity contribution in [2.75, 3.05) is 13.6 Å². The molecule has 0 bridgehead atoms. The number of nitrogens with zero attached hydrogens (tertiary/aromatic N) is 2. The number of amides is 1. The molecule has 3 nitrogen and oxygen atoms in total. The van der Waals surface area contributed by atoms with Gasteiger partial charge in [-0.05, 0) is 30.3 Å². The Balaban J connectivity index is 2.01. The Kier molecular flexibility index (Phi) is 5.20. The minimum absolute atomic E-state index is 0.0292. The van der Waals surface area contributed by atoms with E-state index in [9.17, 15) is 4.79 Å². The van der Waals surface area contributed by atoms with Gasteiger partial charge in [-0.1, -0.05) is 22.0 Å². The Morgan fingerprint density at radius 3 is 2.80 bits per heavy atom. The van der Waals surface area contributed by atoms with Crippen molar-refractivity contribution in [2.24, 2.45) is 0 Å². The maximum atomic E-state index is 12.3. The fraction of sp³-hybridized carbons (Fsp3) is 0.200. The first kappa shape index (κ1) is 15.1. The number of aromatic nitrogens is 1. The molecular weight excluding hydrogens is 336 g/mol. The second-order valence-electron chi connectivity index (χ2n) is 4.46. The summed E-state index contributed by atoms with van der Waals surface area (Å²) in [6.07, 6.45) is 2.50. The van der Waals surface area contributed by atoms with E-state index in [1.165, 1.54) is 0 Å². The van der Waals surface area contributed by atoms with Crippen LogP contribution in [0.4, 0.5) is 0 Å². The zero-order valence-corrected chi connectivity index (χ0v) is 13.6. The minimum Gasteiger partial charge on any atom is -0.341 e. The first-order chi connectivity index (χ1) is 9.58. The highest BCUT2D eigenvalue weighted by Gasteiger charge is 2.14. The molecule has 0 aliphatic heterocycles. The van der Waals surface area contributed by atoms with Gasteiger partial charge in [0, 0.05) is 41.3 Å². The van der Waals surface area contributed by atoms with Gasteiger partial charge in [-0.15, -0.1) is 12.6 Å². The largest absolute Gasteiger partial charge is 0.341 e. The second-order valence-corrected chi connectivity index (χ2v) is 5.86. The van der Waals surface area contributed by atoms with Crippen LogP contribution in [0, 0.1) is 0 Å². The number of hydrogen-bond donors (Lipinski definition) is 1. The van der Waals surface area contributed by atoms with Gasteiger partial charge in [-0.25, -0.2) is 0 Å². The van der Waals surface area contributed by atoms with Crippen LogP contribution in [0.15, 0.2) is 52.0 Å². The van der Waals surface area contributed by atoms with Crippen LogP contribution in [-0.2, 0) is 6.42 Å². The van der Waals surface area contributed by atoms with Crippen LogP contribution >= 0.6 is 28.6 Å². The molecule has 0 unspecified atom stereocenters. The highest BCUT2D eigenvalue weighted by Crippen LogP contribution is 2.21. The van der Waals surface area contributed by atoms with Crippen LogP contribution in [0.2, 0.25) is 0 Å². The monoisotopic (exact) mass is 350 g/mol. The predicted molar refractivity (Wildman–Crippen MR) is 86.3 cm³/mol. The summed E-state index contributed by atoms with van der Waals surface area (Å²) in [4.78, 5) is 19.0. The average molecular weight is 351 g/mol. The zero-order valence-electron chi connectivity index (χ0n) is 11.1. The lowest BCUT2D eigenvalue weighted by atomic mass is 10.2. The molecule has 0 saturated heterocycles. The molecule has 1 heterocycles. The van der Waals surface area contributed by atoms with E-state index < -0.39 is 0 Å². The maximum Gasteiger partial charge on any atom is 0.254 e. The van der Waals surface area contributed by atoms with Crippen molar-refractivity contribution in [1.29, 1.82) is 0 Å². The third kappa shape index (κ3) is 3.84. The summed E-state index contributed by atoms with van der Waals surface area (Å²) in [5.41, 5.74) is 1.59. The standard InChI is InChI=1S/C15H15BrN2OS/c1-18(9-7-12-4-2-3-8-17-12)15(19)13-6-5-11(16)10-14(13)20/h2-6,8,10,20H,7,9H2,1H3. The van der Waals surface area contributed by atoms with E-state index in [-0.39, 0.29) is 5.91 Å². The van der Waals surface area contributed by atoms with Crippen molar-refractivity contribution in [1.82, 2.24) is 9.88 Å². The Bertz CT molecular complexity index is 604. The first-order valence-corrected chi connectivity index (χ1v) is 7.46. The summed E-state index contributed by atoms with van der Waals surface area (Å²) in [5, 5.41) is 0. The Labute approximate surface area is 132 Å². The Morgan fingerprint density at radius 2 is 2.15 bits per heavy atom. The summed E-state index contributed by atoms with van der Waals surface area (Å²) >= 11 is 7.71. The smallest absolute Gasteiger partial charge is 0.254 e. The normalized spacial score (nSPS) is 10.3. The number of halogens is 1. The molecule has 0 aliphatic rings. The molecule has 1 amide bonds. The third-order valence-electron chi connectivity index (χ3n) is 2.97. The van der Waals surface area contributed by atoms with Crippen LogP contribution in [-0.4, -0.2) is 29.4 Å². The van der Waals surface area contributed by atoms with Crippen molar-refractivity contribution in [3.63, 3.8) is 0 Å². The molecule has 1 aromatic heterocycles. The van der Waals surface area contributed by atoms with Gasteiger partial charge in [0.1, 0.15) is 0 Å². The molecule has 0 aliphatic carbocycles. The van der Waals surface area contributed by atoms with Crippen molar-refractivity contribution in [3.8, 4) is 0 Å². The summed E-state index contributed by atoms with van der Waals surface area (Å²) in [6, 6.07) is 11.2. The minimum atomic E-state index is -0.0292. The molecule has 0 fully saturated rings. The van der Waals surface area contributed by atoms with Crippen LogP contribution in [0.5, 0.6) is 0 Å². The van der Waals surface area contributed by atoms with Crippen LogP contribution in [0.1, 0.15) is 16.1 Å². The van der Waals surface area contributed by atoms with Crippen LogP contribution in [0.25, 0.3) is 0 Å². The quantitative estimate of drug-likeness (QED) is 0.856. The fourth-order valence-corrected chi connectivity index (χ4v) is 2.67. The fourth-order valence-electron chi connectivity index (χ4n) is 1.82. The van der Waals surface area contributed by atoms with Crippen molar-refractivity contribution >= 4 is 34.5 Å². The summed E-state index contributed by atoms with van der Waals surface area (Å²) in [6.45, 7) is 0.624. The van der Waals surface area contributed by atoms with Crippen LogP contribution in [0.3, 0.4) is 0 Å². The van der Waals surface area contributed by atoms with Gasteiger partial charge in [-0.3, -0.25) is 9.78 Å². The lowest BCUT2D eigenvalue weighted by Gasteiger charge is -2.18. The van der Waals surface area contributed by atoms with E-state index in [4.69, 9.17) is 0 Å². The van der Waals surface area contributed by atoms with E-state index in [1.54, 1.807) is 24.2 Å². The molecular formula is C15H15BrN2OS. The van der Waals surface area contributed by atoms with Gasteiger partial charge in [0.2, 0.25) is 0 Å². The van der Waals surface area contributed by atoms with E-state index >= 15 is 0 Å². The number of benzene rings is 1. The molecule has 20 heavy (non-hydrogen) atoms. The van der Waals surface area contributed by atoms with E-state index in [1.807, 2.05) is 30.3 Å². The number of carbonyl (C=O) groups is 1. The van der Waals surface area contributed by atoms with Gasteiger partial charge in [-0.2, -0.15) is 0 Å². The van der Waals surface area contributed by atoms with Gasteiger partial charge in [0.25, 0.3) is 5.91 Å². The van der Waals surface area contributed by atoms with Gasteiger partial charge < -0.3 is 4.90 Å². The Morgan fingerprint density at radius 1 is 1.35 bits per heavy atom. The molecule has 2 rings (SSSR count). The number of rotatable bonds is 4. The Hall–Kier alpha value is -1.33. The number of likely N-dealkylation sites (N-methyl/N-ethyl adjacent to an activating group) is 1. The predicted octanol–water partition coefficient (Wildman–Crippen LogP) is 3.45. The molecule has 5 heteroatoms. The van der Waals surface area contributed by atoms with Gasteiger partial charge in [0.15, 0.2) is 0 Å². The molecule has 0 saturated carbocycles. The molecule has 104 valence electrons. The number of thiol groups is 1. The SMILES string of the molecule is CN(CCc1ccccn1)C(=O)c1ccc(Br)cc1S. The topological polar surface area (TPSA) is 33.2 Å². The zero-order chi connectivity index (χ0) is 14.5. The molecule has 0 spiro atoms. The van der Waals surface area contributed by atoms with Gasteiger partial charge >= 0.3 is 0 Å². The van der Waals surface area contributed by atoms with E-state index in [0.717, 1.165) is 16.6 Å². The molecule has 1 aromatic carbocycles. The second kappa shape index (κ2) is 6.90. The summed E-state index contributed by atoms with van der Waals surface area (Å²) < 4.78 is 0.912. The maximum absolute atomic E-state index is 12.3. The molecule has 0 radical (unpaired) electrons. The van der Waals surface area contributed by atoms with Crippen molar-refractivity contribution in [3.05, 3.63) is 58.3 Å². The molecule has 0 N–H and O–H groups in total. The highest BCUT2D eigenvalue weighted by atomic mass is 79.9.